The fourth-order valence-electron chi connectivity index (χ4n) is 1.23. The van der Waals surface area contributed by atoms with Crippen molar-refractivity contribution in [2.75, 3.05) is 11.9 Å². The van der Waals surface area contributed by atoms with Gasteiger partial charge in [-0.05, 0) is 24.6 Å². The van der Waals surface area contributed by atoms with Gasteiger partial charge in [-0.25, -0.2) is 19.4 Å². The molecule has 0 spiro atoms. The molecule has 0 radical (unpaired) electrons. The molecule has 0 aliphatic carbocycles. The first-order valence-corrected chi connectivity index (χ1v) is 6.93. The number of benzene rings is 1. The van der Waals surface area contributed by atoms with Crippen molar-refractivity contribution in [3.8, 4) is 0 Å². The number of sulfonamides is 1. The summed E-state index contributed by atoms with van der Waals surface area (Å²) in [6, 6.07) is 6.09. The molecule has 1 aromatic carbocycles. The summed E-state index contributed by atoms with van der Waals surface area (Å²) in [7, 11) is -3.72. The maximum atomic E-state index is 11.2. The quantitative estimate of drug-likeness (QED) is 0.265. The van der Waals surface area contributed by atoms with E-state index >= 15 is 0 Å². The molecule has 0 unspecified atom stereocenters. The van der Waals surface area contributed by atoms with E-state index in [2.05, 4.69) is 15.7 Å². The van der Waals surface area contributed by atoms with Crippen LogP contribution in [0.5, 0.6) is 0 Å². The van der Waals surface area contributed by atoms with Crippen molar-refractivity contribution in [3.63, 3.8) is 0 Å². The molecule has 1 aromatic rings. The zero-order valence-corrected chi connectivity index (χ0v) is 10.9. The standard InChI is InChI=1S/C10H17N5O2S/c1-2-6-13-10(15-11)14-8-4-3-5-9(7-8)18(12,16)17/h3-5,7H,2,6,11H2,1H3,(H2,12,16,17)(H2,13,14,15). The first kappa shape index (κ1) is 14.4. The summed E-state index contributed by atoms with van der Waals surface area (Å²) in [4.78, 5) is 4.16. The number of hydrazine groups is 1. The highest BCUT2D eigenvalue weighted by Crippen LogP contribution is 2.13. The number of guanidine groups is 1. The van der Waals surface area contributed by atoms with Gasteiger partial charge in [0.25, 0.3) is 0 Å². The average Bonchev–Trinajstić information content (AvgIpc) is 2.33. The monoisotopic (exact) mass is 271 g/mol. The first-order valence-electron chi connectivity index (χ1n) is 5.38. The number of nitrogens with two attached hydrogens (primary N) is 2. The topological polar surface area (TPSA) is 123 Å². The van der Waals surface area contributed by atoms with Crippen LogP contribution < -0.4 is 21.7 Å². The Hall–Kier alpha value is -1.64. The number of rotatable bonds is 4. The summed E-state index contributed by atoms with van der Waals surface area (Å²) in [6.07, 6.45) is 0.879. The first-order chi connectivity index (χ1) is 8.47. The van der Waals surface area contributed by atoms with Crippen LogP contribution in [0.3, 0.4) is 0 Å². The van der Waals surface area contributed by atoms with Gasteiger partial charge >= 0.3 is 0 Å². The predicted octanol–water partition coefficient (Wildman–Crippen LogP) is -0.0248. The number of anilines is 1. The molecule has 0 heterocycles. The molecule has 0 atom stereocenters. The van der Waals surface area contributed by atoms with Crippen LogP contribution in [0.4, 0.5) is 5.69 Å². The van der Waals surface area contributed by atoms with Crippen molar-refractivity contribution in [2.45, 2.75) is 18.2 Å². The number of hydrogen-bond donors (Lipinski definition) is 4. The SMILES string of the molecule is CCCN=C(NN)Nc1cccc(S(N)(=O)=O)c1. The molecule has 0 bridgehead atoms. The molecule has 0 aliphatic rings. The van der Waals surface area contributed by atoms with Crippen molar-refractivity contribution in [1.82, 2.24) is 5.43 Å². The molecule has 0 amide bonds. The molecule has 100 valence electrons. The fourth-order valence-corrected chi connectivity index (χ4v) is 1.79. The number of nitrogens with one attached hydrogen (secondary N) is 2. The van der Waals surface area contributed by atoms with Gasteiger partial charge in [-0.15, -0.1) is 0 Å². The second kappa shape index (κ2) is 6.34. The highest BCUT2D eigenvalue weighted by Gasteiger charge is 2.08. The molecule has 7 nitrogen and oxygen atoms in total. The highest BCUT2D eigenvalue weighted by molar-refractivity contribution is 7.89. The Balaban J connectivity index is 2.91. The molecule has 0 saturated heterocycles. The van der Waals surface area contributed by atoms with Crippen LogP contribution in [0, 0.1) is 0 Å². The second-order valence-electron chi connectivity index (χ2n) is 3.57. The van der Waals surface area contributed by atoms with Gasteiger partial charge < -0.3 is 5.32 Å². The number of hydrogen-bond acceptors (Lipinski definition) is 4. The van der Waals surface area contributed by atoms with Crippen molar-refractivity contribution in [3.05, 3.63) is 24.3 Å². The minimum Gasteiger partial charge on any atom is -0.325 e. The second-order valence-corrected chi connectivity index (χ2v) is 5.13. The van der Waals surface area contributed by atoms with Crippen LogP contribution in [-0.2, 0) is 10.0 Å². The van der Waals surface area contributed by atoms with E-state index < -0.39 is 10.0 Å². The Morgan fingerprint density at radius 2 is 2.17 bits per heavy atom. The number of nitrogens with zero attached hydrogens (tertiary/aromatic N) is 1. The van der Waals surface area contributed by atoms with Crippen molar-refractivity contribution in [2.24, 2.45) is 16.0 Å². The number of primary sulfonamides is 1. The van der Waals surface area contributed by atoms with Gasteiger partial charge in [0.05, 0.1) is 4.90 Å². The lowest BCUT2D eigenvalue weighted by molar-refractivity contribution is 0.598. The summed E-state index contributed by atoms with van der Waals surface area (Å²) in [5.74, 6) is 5.66. The van der Waals surface area contributed by atoms with E-state index in [1.165, 1.54) is 12.1 Å². The van der Waals surface area contributed by atoms with Crippen molar-refractivity contribution in [1.29, 1.82) is 0 Å². The van der Waals surface area contributed by atoms with Crippen molar-refractivity contribution >= 4 is 21.7 Å². The van der Waals surface area contributed by atoms with E-state index in [4.69, 9.17) is 11.0 Å². The molecule has 6 N–H and O–H groups in total. The molecular formula is C10H17N5O2S. The summed E-state index contributed by atoms with van der Waals surface area (Å²) in [6.45, 7) is 2.60. The van der Waals surface area contributed by atoms with Crippen LogP contribution >= 0.6 is 0 Å². The maximum absolute atomic E-state index is 11.2. The lowest BCUT2D eigenvalue weighted by Gasteiger charge is -2.09. The lowest BCUT2D eigenvalue weighted by atomic mass is 10.3. The molecule has 0 aliphatic heterocycles. The van der Waals surface area contributed by atoms with Crippen LogP contribution in [-0.4, -0.2) is 20.9 Å². The Bertz CT molecular complexity index is 527. The third-order valence-electron chi connectivity index (χ3n) is 2.06. The molecule has 1 rings (SSSR count). The summed E-state index contributed by atoms with van der Waals surface area (Å²) < 4.78 is 22.4. The largest absolute Gasteiger partial charge is 0.325 e. The van der Waals surface area contributed by atoms with Gasteiger partial charge in [-0.2, -0.15) is 0 Å². The van der Waals surface area contributed by atoms with E-state index in [1.807, 2.05) is 6.92 Å². The van der Waals surface area contributed by atoms with E-state index in [-0.39, 0.29) is 4.90 Å². The summed E-state index contributed by atoms with van der Waals surface area (Å²) in [5, 5.41) is 7.91. The summed E-state index contributed by atoms with van der Waals surface area (Å²) >= 11 is 0. The number of aliphatic imine (C=N–C) groups is 1. The Morgan fingerprint density at radius 3 is 2.72 bits per heavy atom. The van der Waals surface area contributed by atoms with Crippen LogP contribution in [0.15, 0.2) is 34.2 Å². The Kier molecular flexibility index (Phi) is 5.08. The van der Waals surface area contributed by atoms with Crippen molar-refractivity contribution < 1.29 is 8.42 Å². The molecule has 0 aromatic heterocycles. The zero-order chi connectivity index (χ0) is 13.6. The highest BCUT2D eigenvalue weighted by atomic mass is 32.2. The third-order valence-corrected chi connectivity index (χ3v) is 2.97. The lowest BCUT2D eigenvalue weighted by Crippen LogP contribution is -2.36. The maximum Gasteiger partial charge on any atom is 0.238 e. The third kappa shape index (κ3) is 4.32. The normalized spacial score (nSPS) is 12.3. The van der Waals surface area contributed by atoms with E-state index in [0.29, 0.717) is 18.2 Å². The zero-order valence-electron chi connectivity index (χ0n) is 10.1. The van der Waals surface area contributed by atoms with Gasteiger partial charge in [-0.3, -0.25) is 10.4 Å². The molecule has 18 heavy (non-hydrogen) atoms. The minimum absolute atomic E-state index is 0.0272. The predicted molar refractivity (Wildman–Crippen MR) is 71.4 cm³/mol. The van der Waals surface area contributed by atoms with Gasteiger partial charge in [0.15, 0.2) is 0 Å². The van der Waals surface area contributed by atoms with Gasteiger partial charge in [0, 0.05) is 12.2 Å². The van der Waals surface area contributed by atoms with Crippen LogP contribution in [0.25, 0.3) is 0 Å². The van der Waals surface area contributed by atoms with Gasteiger partial charge in [0.2, 0.25) is 16.0 Å². The molecule has 0 saturated carbocycles. The van der Waals surface area contributed by atoms with Gasteiger partial charge in [0.1, 0.15) is 0 Å². The Labute approximate surface area is 106 Å². The summed E-state index contributed by atoms with van der Waals surface area (Å²) in [5.41, 5.74) is 2.94. The molecule has 8 heteroatoms. The van der Waals surface area contributed by atoms with Crippen LogP contribution in [0.1, 0.15) is 13.3 Å². The average molecular weight is 271 g/mol. The van der Waals surface area contributed by atoms with Crippen LogP contribution in [0.2, 0.25) is 0 Å². The fraction of sp³-hybridized carbons (Fsp3) is 0.300. The van der Waals surface area contributed by atoms with E-state index in [1.54, 1.807) is 12.1 Å². The van der Waals surface area contributed by atoms with E-state index in [9.17, 15) is 8.42 Å². The van der Waals surface area contributed by atoms with Gasteiger partial charge in [-0.1, -0.05) is 13.0 Å². The minimum atomic E-state index is -3.72. The van der Waals surface area contributed by atoms with E-state index in [0.717, 1.165) is 6.42 Å². The molecular weight excluding hydrogens is 254 g/mol. The smallest absolute Gasteiger partial charge is 0.238 e. The Morgan fingerprint density at radius 1 is 1.44 bits per heavy atom. The molecule has 0 fully saturated rings.